The Kier molecular flexibility index (Phi) is 3.53. The molecule has 0 aliphatic carbocycles. The molecule has 2 N–H and O–H groups in total. The first-order valence-electron chi connectivity index (χ1n) is 6.17. The van der Waals surface area contributed by atoms with Gasteiger partial charge in [-0.05, 0) is 47.2 Å². The molecule has 0 unspecified atom stereocenters. The number of nitrogens with two attached hydrogens (primary N) is 1. The van der Waals surface area contributed by atoms with Crippen molar-refractivity contribution < 1.29 is 0 Å². The molecule has 0 fully saturated rings. The summed E-state index contributed by atoms with van der Waals surface area (Å²) in [6.07, 6.45) is 0. The maximum Gasteiger partial charge on any atom is 0.189 e. The number of rotatable bonds is 2. The quantitative estimate of drug-likeness (QED) is 0.733. The molecule has 2 aromatic carbocycles. The summed E-state index contributed by atoms with van der Waals surface area (Å²) in [5.74, 6) is 0.551. The zero-order valence-electron chi connectivity index (χ0n) is 11.1. The Morgan fingerprint density at radius 1 is 1.10 bits per heavy atom. The van der Waals surface area contributed by atoms with Gasteiger partial charge in [-0.3, -0.25) is 0 Å². The number of anilines is 1. The molecule has 0 amide bonds. The smallest absolute Gasteiger partial charge is 0.189 e. The van der Waals surface area contributed by atoms with Crippen LogP contribution in [-0.4, -0.2) is 20.2 Å². The monoisotopic (exact) mass is 319 g/mol. The lowest BCUT2D eigenvalue weighted by atomic mass is 10.1. The molecule has 7 heteroatoms. The highest BCUT2D eigenvalue weighted by Gasteiger charge is 2.15. The van der Waals surface area contributed by atoms with Gasteiger partial charge in [-0.25, -0.2) is 0 Å². The van der Waals surface area contributed by atoms with E-state index < -0.39 is 0 Å². The first-order chi connectivity index (χ1) is 10.1. The Bertz CT molecular complexity index is 813. The second-order valence-electron chi connectivity index (χ2n) is 4.55. The van der Waals surface area contributed by atoms with Gasteiger partial charge in [0.05, 0.1) is 15.7 Å². The number of hydrogen-bond donors (Lipinski definition) is 1. The molecule has 1 heterocycles. The molecule has 0 aliphatic heterocycles. The fourth-order valence-electron chi connectivity index (χ4n) is 2.02. The van der Waals surface area contributed by atoms with Gasteiger partial charge in [0.1, 0.15) is 0 Å². The van der Waals surface area contributed by atoms with Crippen LogP contribution in [-0.2, 0) is 0 Å². The summed E-state index contributed by atoms with van der Waals surface area (Å²) in [4.78, 5) is 0. The molecule has 0 atom stereocenters. The molecule has 0 radical (unpaired) electrons. The van der Waals surface area contributed by atoms with Gasteiger partial charge in [0.2, 0.25) is 0 Å². The third-order valence-corrected chi connectivity index (χ3v) is 3.92. The topological polar surface area (TPSA) is 69.6 Å². The van der Waals surface area contributed by atoms with Crippen molar-refractivity contribution in [3.05, 3.63) is 52.0 Å². The largest absolute Gasteiger partial charge is 0.398 e. The summed E-state index contributed by atoms with van der Waals surface area (Å²) < 4.78 is 1.58. The Morgan fingerprint density at radius 3 is 2.67 bits per heavy atom. The van der Waals surface area contributed by atoms with E-state index in [0.717, 1.165) is 11.1 Å². The molecule has 5 nitrogen and oxygen atoms in total. The molecule has 0 spiro atoms. The Hall–Kier alpha value is -2.11. The molecular formula is C14H11Cl2N5. The van der Waals surface area contributed by atoms with Gasteiger partial charge in [0.25, 0.3) is 0 Å². The Balaban J connectivity index is 2.17. The first kappa shape index (κ1) is 13.9. The summed E-state index contributed by atoms with van der Waals surface area (Å²) in [6, 6.07) is 10.9. The molecule has 0 aliphatic rings. The van der Waals surface area contributed by atoms with E-state index in [1.165, 1.54) is 0 Å². The van der Waals surface area contributed by atoms with Gasteiger partial charge in [-0.1, -0.05) is 35.3 Å². The van der Waals surface area contributed by atoms with Gasteiger partial charge in [-0.15, -0.1) is 5.10 Å². The van der Waals surface area contributed by atoms with Crippen molar-refractivity contribution in [2.24, 2.45) is 0 Å². The summed E-state index contributed by atoms with van der Waals surface area (Å²) >= 11 is 12.0. The van der Waals surface area contributed by atoms with Crippen molar-refractivity contribution >= 4 is 28.9 Å². The van der Waals surface area contributed by atoms with Crippen LogP contribution in [0.15, 0.2) is 36.4 Å². The van der Waals surface area contributed by atoms with Crippen LogP contribution in [0.2, 0.25) is 10.0 Å². The van der Waals surface area contributed by atoms with Crippen molar-refractivity contribution in [3.8, 4) is 17.1 Å². The van der Waals surface area contributed by atoms with Crippen LogP contribution in [0.4, 0.5) is 5.69 Å². The van der Waals surface area contributed by atoms with Crippen LogP contribution >= 0.6 is 23.2 Å². The van der Waals surface area contributed by atoms with Crippen LogP contribution in [0.25, 0.3) is 17.1 Å². The van der Waals surface area contributed by atoms with E-state index in [1.54, 1.807) is 22.9 Å². The third-order valence-electron chi connectivity index (χ3n) is 3.18. The second kappa shape index (κ2) is 5.35. The van der Waals surface area contributed by atoms with Crippen LogP contribution in [0.3, 0.4) is 0 Å². The van der Waals surface area contributed by atoms with Crippen molar-refractivity contribution in [1.29, 1.82) is 0 Å². The predicted molar refractivity (Wildman–Crippen MR) is 83.8 cm³/mol. The average molecular weight is 320 g/mol. The fraction of sp³-hybridized carbons (Fsp3) is 0.0714. The van der Waals surface area contributed by atoms with Crippen molar-refractivity contribution in [1.82, 2.24) is 20.2 Å². The number of benzene rings is 2. The van der Waals surface area contributed by atoms with E-state index in [-0.39, 0.29) is 0 Å². The molecule has 0 bridgehead atoms. The minimum absolute atomic E-state index is 0.438. The van der Waals surface area contributed by atoms with Crippen LogP contribution < -0.4 is 5.73 Å². The number of aryl methyl sites for hydroxylation is 1. The lowest BCUT2D eigenvalue weighted by Crippen LogP contribution is -2.02. The molecule has 0 saturated heterocycles. The molecule has 106 valence electrons. The van der Waals surface area contributed by atoms with Gasteiger partial charge < -0.3 is 5.73 Å². The van der Waals surface area contributed by atoms with E-state index in [9.17, 15) is 0 Å². The lowest BCUT2D eigenvalue weighted by Gasteiger charge is -2.09. The fourth-order valence-corrected chi connectivity index (χ4v) is 2.31. The SMILES string of the molecule is Cc1cccc(-c2nnnn2-c2ccc(Cl)c(Cl)c2)c1N. The highest BCUT2D eigenvalue weighted by Crippen LogP contribution is 2.29. The summed E-state index contributed by atoms with van der Waals surface area (Å²) in [5.41, 5.74) is 9.22. The van der Waals surface area contributed by atoms with Crippen LogP contribution in [0, 0.1) is 6.92 Å². The highest BCUT2D eigenvalue weighted by atomic mass is 35.5. The van der Waals surface area contributed by atoms with Crippen molar-refractivity contribution in [3.63, 3.8) is 0 Å². The summed E-state index contributed by atoms with van der Waals surface area (Å²) in [7, 11) is 0. The van der Waals surface area contributed by atoms with Crippen molar-refractivity contribution in [2.75, 3.05) is 5.73 Å². The van der Waals surface area contributed by atoms with E-state index >= 15 is 0 Å². The normalized spacial score (nSPS) is 10.8. The summed E-state index contributed by atoms with van der Waals surface area (Å²) in [5, 5.41) is 12.7. The highest BCUT2D eigenvalue weighted by molar-refractivity contribution is 6.42. The van der Waals surface area contributed by atoms with Gasteiger partial charge >= 0.3 is 0 Å². The third kappa shape index (κ3) is 2.46. The number of nitrogens with zero attached hydrogens (tertiary/aromatic N) is 4. The molecule has 1 aromatic heterocycles. The van der Waals surface area contributed by atoms with E-state index in [4.69, 9.17) is 28.9 Å². The zero-order chi connectivity index (χ0) is 15.0. The van der Waals surface area contributed by atoms with E-state index in [1.807, 2.05) is 25.1 Å². The van der Waals surface area contributed by atoms with Gasteiger partial charge in [0, 0.05) is 11.3 Å². The number of halogens is 2. The van der Waals surface area contributed by atoms with E-state index in [0.29, 0.717) is 27.2 Å². The molecule has 3 rings (SSSR count). The zero-order valence-corrected chi connectivity index (χ0v) is 12.6. The maximum atomic E-state index is 6.12. The number of para-hydroxylation sites is 1. The number of tetrazole rings is 1. The second-order valence-corrected chi connectivity index (χ2v) is 5.36. The lowest BCUT2D eigenvalue weighted by molar-refractivity contribution is 0.791. The molecular weight excluding hydrogens is 309 g/mol. The van der Waals surface area contributed by atoms with Gasteiger partial charge in [-0.2, -0.15) is 4.68 Å². The number of nitrogen functional groups attached to an aromatic ring is 1. The van der Waals surface area contributed by atoms with E-state index in [2.05, 4.69) is 15.5 Å². The average Bonchev–Trinajstić information content (AvgIpc) is 2.94. The Morgan fingerprint density at radius 2 is 1.90 bits per heavy atom. The predicted octanol–water partition coefficient (Wildman–Crippen LogP) is 3.53. The molecule has 0 saturated carbocycles. The van der Waals surface area contributed by atoms with Gasteiger partial charge in [0.15, 0.2) is 5.82 Å². The minimum Gasteiger partial charge on any atom is -0.398 e. The molecule has 3 aromatic rings. The maximum absolute atomic E-state index is 6.12. The van der Waals surface area contributed by atoms with Crippen LogP contribution in [0.5, 0.6) is 0 Å². The first-order valence-corrected chi connectivity index (χ1v) is 6.93. The standard InChI is InChI=1S/C14H11Cl2N5/c1-8-3-2-4-10(13(8)17)14-18-19-20-21(14)9-5-6-11(15)12(16)7-9/h2-7H,17H2,1H3. The number of hydrogen-bond acceptors (Lipinski definition) is 4. The molecule has 21 heavy (non-hydrogen) atoms. The van der Waals surface area contributed by atoms with Crippen LogP contribution in [0.1, 0.15) is 5.56 Å². The summed E-state index contributed by atoms with van der Waals surface area (Å²) in [6.45, 7) is 1.94. The van der Waals surface area contributed by atoms with Crippen molar-refractivity contribution in [2.45, 2.75) is 6.92 Å². The number of aromatic nitrogens is 4. The minimum atomic E-state index is 0.438. The Labute approximate surface area is 131 Å².